The van der Waals surface area contributed by atoms with Gasteiger partial charge in [0, 0.05) is 16.0 Å². The second-order valence-corrected chi connectivity index (χ2v) is 4.17. The Balaban J connectivity index is 2.99. The number of benzene rings is 1. The number of nitrogens with zero attached hydrogens (tertiary/aromatic N) is 1. The first-order chi connectivity index (χ1) is 6.66. The molecular formula is C9H10ClIN2O. The van der Waals surface area contributed by atoms with Crippen LogP contribution >= 0.6 is 34.2 Å². The van der Waals surface area contributed by atoms with Gasteiger partial charge in [-0.3, -0.25) is 4.90 Å². The molecule has 0 fully saturated rings. The lowest BCUT2D eigenvalue weighted by Crippen LogP contribution is -2.37. The summed E-state index contributed by atoms with van der Waals surface area (Å²) < 4.78 is 0.981. The number of anilines is 1. The summed E-state index contributed by atoms with van der Waals surface area (Å²) in [6.07, 6.45) is 0. The summed E-state index contributed by atoms with van der Waals surface area (Å²) in [4.78, 5) is 12.6. The van der Waals surface area contributed by atoms with Gasteiger partial charge in [-0.05, 0) is 34.7 Å². The minimum absolute atomic E-state index is 0.369. The van der Waals surface area contributed by atoms with Crippen molar-refractivity contribution >= 4 is 45.9 Å². The minimum atomic E-state index is -0.477. The third-order valence-corrected chi connectivity index (χ3v) is 2.80. The van der Waals surface area contributed by atoms with Crippen LogP contribution < -0.4 is 10.6 Å². The monoisotopic (exact) mass is 324 g/mol. The van der Waals surface area contributed by atoms with Gasteiger partial charge in [0.25, 0.3) is 0 Å². The molecule has 0 saturated carbocycles. The molecule has 1 aromatic rings. The maximum atomic E-state index is 11.1. The minimum Gasteiger partial charge on any atom is -0.351 e. The second kappa shape index (κ2) is 5.41. The van der Waals surface area contributed by atoms with E-state index in [1.807, 2.05) is 24.3 Å². The van der Waals surface area contributed by atoms with Crippen molar-refractivity contribution in [2.24, 2.45) is 5.73 Å². The van der Waals surface area contributed by atoms with E-state index in [4.69, 9.17) is 17.3 Å². The van der Waals surface area contributed by atoms with Crippen LogP contribution in [0, 0.1) is 3.57 Å². The lowest BCUT2D eigenvalue weighted by atomic mass is 10.3. The van der Waals surface area contributed by atoms with Gasteiger partial charge in [-0.15, -0.1) is 11.6 Å². The van der Waals surface area contributed by atoms with Gasteiger partial charge in [-0.25, -0.2) is 4.79 Å². The Morgan fingerprint density at radius 1 is 1.50 bits per heavy atom. The summed E-state index contributed by atoms with van der Waals surface area (Å²) in [7, 11) is 0. The van der Waals surface area contributed by atoms with E-state index in [-0.39, 0.29) is 0 Å². The zero-order valence-corrected chi connectivity index (χ0v) is 10.3. The maximum Gasteiger partial charge on any atom is 0.319 e. The fourth-order valence-corrected chi connectivity index (χ4v) is 1.95. The van der Waals surface area contributed by atoms with Crippen LogP contribution in [0.4, 0.5) is 10.5 Å². The summed E-state index contributed by atoms with van der Waals surface area (Å²) in [5.74, 6) is 0.369. The summed E-state index contributed by atoms with van der Waals surface area (Å²) in [5, 5.41) is 0. The number of nitrogens with two attached hydrogens (primary N) is 1. The number of primary amides is 1. The average molecular weight is 325 g/mol. The molecule has 2 amide bonds. The van der Waals surface area contributed by atoms with Gasteiger partial charge in [-0.2, -0.15) is 0 Å². The molecule has 0 unspecified atom stereocenters. The number of rotatable bonds is 3. The van der Waals surface area contributed by atoms with Gasteiger partial charge >= 0.3 is 6.03 Å². The first kappa shape index (κ1) is 11.6. The predicted octanol–water partition coefficient (Wildman–Crippen LogP) is 2.42. The first-order valence-corrected chi connectivity index (χ1v) is 5.65. The van der Waals surface area contributed by atoms with Crippen molar-refractivity contribution < 1.29 is 4.79 Å². The number of para-hydroxylation sites is 1. The molecule has 0 bridgehead atoms. The van der Waals surface area contributed by atoms with Crippen molar-refractivity contribution in [3.8, 4) is 0 Å². The number of urea groups is 1. The standard InChI is InChI=1S/C9H10ClIN2O/c10-5-6-13(9(12)14)8-4-2-1-3-7(8)11/h1-4H,5-6H2,(H2,12,14). The number of alkyl halides is 1. The van der Waals surface area contributed by atoms with Crippen LogP contribution in [0.3, 0.4) is 0 Å². The Labute approximate surface area is 101 Å². The predicted molar refractivity (Wildman–Crippen MR) is 66.8 cm³/mol. The highest BCUT2D eigenvalue weighted by Crippen LogP contribution is 2.21. The molecule has 1 aromatic carbocycles. The quantitative estimate of drug-likeness (QED) is 0.673. The normalized spacial score (nSPS) is 9.86. The molecule has 3 nitrogen and oxygen atoms in total. The van der Waals surface area contributed by atoms with Crippen molar-refractivity contribution in [3.63, 3.8) is 0 Å². The molecule has 0 radical (unpaired) electrons. The van der Waals surface area contributed by atoms with Crippen molar-refractivity contribution in [1.82, 2.24) is 0 Å². The van der Waals surface area contributed by atoms with Crippen LogP contribution in [-0.4, -0.2) is 18.5 Å². The summed E-state index contributed by atoms with van der Waals surface area (Å²) in [6.45, 7) is 0.427. The Bertz CT molecular complexity index is 332. The van der Waals surface area contributed by atoms with E-state index >= 15 is 0 Å². The number of hydrogen-bond donors (Lipinski definition) is 1. The number of hydrogen-bond acceptors (Lipinski definition) is 1. The highest BCUT2D eigenvalue weighted by Gasteiger charge is 2.13. The molecule has 0 aliphatic rings. The van der Waals surface area contributed by atoms with Crippen LogP contribution in [0.2, 0.25) is 0 Å². The van der Waals surface area contributed by atoms with Gasteiger partial charge < -0.3 is 5.73 Å². The van der Waals surface area contributed by atoms with Gasteiger partial charge in [0.05, 0.1) is 5.69 Å². The molecule has 0 atom stereocenters. The van der Waals surface area contributed by atoms with Gasteiger partial charge in [0.15, 0.2) is 0 Å². The van der Waals surface area contributed by atoms with E-state index in [0.717, 1.165) is 9.26 Å². The van der Waals surface area contributed by atoms with Crippen LogP contribution in [0.15, 0.2) is 24.3 Å². The fraction of sp³-hybridized carbons (Fsp3) is 0.222. The van der Waals surface area contributed by atoms with E-state index in [0.29, 0.717) is 12.4 Å². The molecule has 0 aliphatic carbocycles. The zero-order chi connectivity index (χ0) is 10.6. The van der Waals surface area contributed by atoms with Crippen molar-refractivity contribution in [3.05, 3.63) is 27.8 Å². The van der Waals surface area contributed by atoms with Gasteiger partial charge in [-0.1, -0.05) is 12.1 Å². The molecule has 0 spiro atoms. The Morgan fingerprint density at radius 3 is 2.64 bits per heavy atom. The molecule has 5 heteroatoms. The molecule has 1 rings (SSSR count). The van der Waals surface area contributed by atoms with E-state index in [1.165, 1.54) is 4.90 Å². The SMILES string of the molecule is NC(=O)N(CCCl)c1ccccc1I. The number of halogens is 2. The highest BCUT2D eigenvalue weighted by atomic mass is 127. The van der Waals surface area contributed by atoms with Crippen LogP contribution in [0.1, 0.15) is 0 Å². The summed E-state index contributed by atoms with van der Waals surface area (Å²) in [6, 6.07) is 7.06. The largest absolute Gasteiger partial charge is 0.351 e. The fourth-order valence-electron chi connectivity index (χ4n) is 1.10. The van der Waals surface area contributed by atoms with E-state index < -0.39 is 6.03 Å². The zero-order valence-electron chi connectivity index (χ0n) is 7.41. The van der Waals surface area contributed by atoms with Crippen LogP contribution in [-0.2, 0) is 0 Å². The lowest BCUT2D eigenvalue weighted by molar-refractivity contribution is 0.254. The number of carbonyl (C=O) groups is 1. The topological polar surface area (TPSA) is 46.3 Å². The Morgan fingerprint density at radius 2 is 2.14 bits per heavy atom. The number of carbonyl (C=O) groups excluding carboxylic acids is 1. The molecule has 0 saturated heterocycles. The third kappa shape index (κ3) is 2.75. The van der Waals surface area contributed by atoms with Crippen LogP contribution in [0.25, 0.3) is 0 Å². The average Bonchev–Trinajstić information content (AvgIpc) is 2.15. The molecule has 14 heavy (non-hydrogen) atoms. The molecule has 2 N–H and O–H groups in total. The highest BCUT2D eigenvalue weighted by molar-refractivity contribution is 14.1. The Hall–Kier alpha value is -0.490. The second-order valence-electron chi connectivity index (χ2n) is 2.63. The molecule has 0 aromatic heterocycles. The van der Waals surface area contributed by atoms with Gasteiger partial charge in [0.2, 0.25) is 0 Å². The molecule has 76 valence electrons. The van der Waals surface area contributed by atoms with Gasteiger partial charge in [0.1, 0.15) is 0 Å². The number of amides is 2. The third-order valence-electron chi connectivity index (χ3n) is 1.72. The maximum absolute atomic E-state index is 11.1. The van der Waals surface area contributed by atoms with Crippen LogP contribution in [0.5, 0.6) is 0 Å². The smallest absolute Gasteiger partial charge is 0.319 e. The first-order valence-electron chi connectivity index (χ1n) is 4.04. The lowest BCUT2D eigenvalue weighted by Gasteiger charge is -2.20. The molecular weight excluding hydrogens is 314 g/mol. The molecule has 0 heterocycles. The summed E-state index contributed by atoms with van der Waals surface area (Å²) >= 11 is 7.75. The molecule has 0 aliphatic heterocycles. The Kier molecular flexibility index (Phi) is 4.47. The van der Waals surface area contributed by atoms with E-state index in [9.17, 15) is 4.79 Å². The van der Waals surface area contributed by atoms with Crippen molar-refractivity contribution in [2.75, 3.05) is 17.3 Å². The van der Waals surface area contributed by atoms with Crippen molar-refractivity contribution in [1.29, 1.82) is 0 Å². The van der Waals surface area contributed by atoms with E-state index in [2.05, 4.69) is 22.6 Å². The van der Waals surface area contributed by atoms with E-state index in [1.54, 1.807) is 0 Å². The summed E-state index contributed by atoms with van der Waals surface area (Å²) in [5.41, 5.74) is 6.06. The van der Waals surface area contributed by atoms with Crippen molar-refractivity contribution in [2.45, 2.75) is 0 Å².